The maximum absolute atomic E-state index is 12.5. The van der Waals surface area contributed by atoms with E-state index in [2.05, 4.69) is 10.4 Å². The van der Waals surface area contributed by atoms with Crippen LogP contribution in [-0.4, -0.2) is 28.9 Å². The van der Waals surface area contributed by atoms with Crippen molar-refractivity contribution in [3.8, 4) is 11.5 Å². The Balaban J connectivity index is 2.19. The molecule has 0 aliphatic heterocycles. The number of ether oxygens (including phenoxy) is 2. The van der Waals surface area contributed by atoms with E-state index in [9.17, 15) is 4.79 Å². The van der Waals surface area contributed by atoms with E-state index in [1.807, 2.05) is 27.7 Å². The predicted octanol–water partition coefficient (Wildman–Crippen LogP) is 3.90. The maximum Gasteiger partial charge on any atom is 0.256 e. The van der Waals surface area contributed by atoms with Gasteiger partial charge >= 0.3 is 0 Å². The number of anilines is 1. The topological polar surface area (TPSA) is 65.4 Å². The second-order valence-corrected chi connectivity index (χ2v) is 5.65. The molecule has 0 spiro atoms. The Hall–Kier alpha value is -2.50. The molecular formula is C18H25N3O3. The van der Waals surface area contributed by atoms with Crippen LogP contribution in [0.1, 0.15) is 50.5 Å². The molecule has 0 saturated heterocycles. The van der Waals surface area contributed by atoms with Crippen LogP contribution in [0.5, 0.6) is 11.5 Å². The van der Waals surface area contributed by atoms with Crippen molar-refractivity contribution in [2.24, 2.45) is 0 Å². The van der Waals surface area contributed by atoms with Crippen LogP contribution in [-0.2, 0) is 0 Å². The third-order valence-corrected chi connectivity index (χ3v) is 3.37. The quantitative estimate of drug-likeness (QED) is 0.796. The second-order valence-electron chi connectivity index (χ2n) is 5.65. The first-order valence-electron chi connectivity index (χ1n) is 8.31. The van der Waals surface area contributed by atoms with Crippen LogP contribution in [0.15, 0.2) is 30.5 Å². The Labute approximate surface area is 142 Å². The zero-order valence-electron chi connectivity index (χ0n) is 14.7. The van der Waals surface area contributed by atoms with Crippen molar-refractivity contribution >= 4 is 11.7 Å². The molecule has 0 radical (unpaired) electrons. The molecule has 6 nitrogen and oxygen atoms in total. The number of aromatic nitrogens is 2. The van der Waals surface area contributed by atoms with Gasteiger partial charge in [-0.25, -0.2) is 4.68 Å². The van der Waals surface area contributed by atoms with E-state index >= 15 is 0 Å². The molecular weight excluding hydrogens is 306 g/mol. The van der Waals surface area contributed by atoms with E-state index in [0.717, 1.165) is 6.42 Å². The predicted molar refractivity (Wildman–Crippen MR) is 94.0 cm³/mol. The van der Waals surface area contributed by atoms with Gasteiger partial charge in [0.2, 0.25) is 0 Å². The van der Waals surface area contributed by atoms with Crippen molar-refractivity contribution < 1.29 is 14.3 Å². The largest absolute Gasteiger partial charge is 0.490 e. The minimum Gasteiger partial charge on any atom is -0.490 e. The Morgan fingerprint density at radius 2 is 2.00 bits per heavy atom. The molecule has 2 rings (SSSR count). The third-order valence-electron chi connectivity index (χ3n) is 3.37. The van der Waals surface area contributed by atoms with Gasteiger partial charge in [0.05, 0.1) is 19.4 Å². The molecule has 130 valence electrons. The molecule has 0 unspecified atom stereocenters. The van der Waals surface area contributed by atoms with Gasteiger partial charge in [-0.3, -0.25) is 4.79 Å². The fourth-order valence-corrected chi connectivity index (χ4v) is 2.26. The normalized spacial score (nSPS) is 10.7. The van der Waals surface area contributed by atoms with E-state index in [4.69, 9.17) is 9.47 Å². The van der Waals surface area contributed by atoms with Crippen molar-refractivity contribution in [2.75, 3.05) is 18.5 Å². The van der Waals surface area contributed by atoms with Crippen molar-refractivity contribution in [1.29, 1.82) is 0 Å². The lowest BCUT2D eigenvalue weighted by atomic mass is 10.2. The van der Waals surface area contributed by atoms with Crippen LogP contribution in [0, 0.1) is 0 Å². The summed E-state index contributed by atoms with van der Waals surface area (Å²) in [5.74, 6) is 1.69. The fourth-order valence-electron chi connectivity index (χ4n) is 2.26. The number of nitrogens with zero attached hydrogens (tertiary/aromatic N) is 2. The summed E-state index contributed by atoms with van der Waals surface area (Å²) in [7, 11) is 0. The summed E-state index contributed by atoms with van der Waals surface area (Å²) in [4.78, 5) is 12.5. The highest BCUT2D eigenvalue weighted by Crippen LogP contribution is 2.29. The van der Waals surface area contributed by atoms with Gasteiger partial charge in [0.25, 0.3) is 5.91 Å². The molecule has 1 aromatic carbocycles. The molecule has 1 N–H and O–H groups in total. The molecule has 24 heavy (non-hydrogen) atoms. The van der Waals surface area contributed by atoms with Crippen LogP contribution in [0.2, 0.25) is 0 Å². The number of benzene rings is 1. The summed E-state index contributed by atoms with van der Waals surface area (Å²) in [6.07, 6.45) is 2.58. The van der Waals surface area contributed by atoms with Gasteiger partial charge in [-0.1, -0.05) is 6.92 Å². The number of rotatable bonds is 8. The Morgan fingerprint density at radius 3 is 2.67 bits per heavy atom. The summed E-state index contributed by atoms with van der Waals surface area (Å²) in [6, 6.07) is 7.16. The Kier molecular flexibility index (Phi) is 6.23. The molecule has 0 atom stereocenters. The van der Waals surface area contributed by atoms with Crippen molar-refractivity contribution in [3.05, 3.63) is 36.0 Å². The fraction of sp³-hybridized carbons (Fsp3) is 0.444. The van der Waals surface area contributed by atoms with Gasteiger partial charge in [0.1, 0.15) is 5.82 Å². The number of nitrogens with one attached hydrogen (secondary N) is 1. The second kappa shape index (κ2) is 8.38. The number of amides is 1. The molecule has 0 fully saturated rings. The Bertz CT molecular complexity index is 680. The summed E-state index contributed by atoms with van der Waals surface area (Å²) >= 11 is 0. The molecule has 6 heteroatoms. The molecule has 1 amide bonds. The molecule has 0 bridgehead atoms. The summed E-state index contributed by atoms with van der Waals surface area (Å²) in [5.41, 5.74) is 0.513. The zero-order chi connectivity index (χ0) is 17.5. The average Bonchev–Trinajstić information content (AvgIpc) is 3.02. The van der Waals surface area contributed by atoms with Crippen LogP contribution in [0.25, 0.3) is 0 Å². The van der Waals surface area contributed by atoms with E-state index in [1.54, 1.807) is 35.1 Å². The Morgan fingerprint density at radius 1 is 1.21 bits per heavy atom. The smallest absolute Gasteiger partial charge is 0.256 e. The first kappa shape index (κ1) is 17.8. The highest BCUT2D eigenvalue weighted by atomic mass is 16.5. The number of hydrogen-bond acceptors (Lipinski definition) is 4. The third kappa shape index (κ3) is 4.28. The average molecular weight is 331 g/mol. The standard InChI is InChI=1S/C18H25N3O3/c1-5-11-24-15-8-7-14(12-16(15)23-6-2)18(22)20-17-9-10-19-21(17)13(3)4/h7-10,12-13H,5-6,11H2,1-4H3,(H,20,22). The van der Waals surface area contributed by atoms with Gasteiger partial charge in [-0.15, -0.1) is 0 Å². The van der Waals surface area contributed by atoms with E-state index < -0.39 is 0 Å². The summed E-state index contributed by atoms with van der Waals surface area (Å²) in [5, 5.41) is 7.10. The number of carbonyl (C=O) groups excluding carboxylic acids is 1. The highest BCUT2D eigenvalue weighted by molar-refractivity contribution is 6.04. The van der Waals surface area contributed by atoms with Gasteiger partial charge in [-0.05, 0) is 45.4 Å². The monoisotopic (exact) mass is 331 g/mol. The molecule has 0 saturated carbocycles. The molecule has 0 aliphatic rings. The van der Waals surface area contributed by atoms with Crippen LogP contribution < -0.4 is 14.8 Å². The van der Waals surface area contributed by atoms with Crippen LogP contribution >= 0.6 is 0 Å². The first-order chi connectivity index (χ1) is 11.6. The minimum atomic E-state index is -0.208. The highest BCUT2D eigenvalue weighted by Gasteiger charge is 2.14. The maximum atomic E-state index is 12.5. The van der Waals surface area contributed by atoms with Crippen molar-refractivity contribution in [1.82, 2.24) is 9.78 Å². The lowest BCUT2D eigenvalue weighted by Gasteiger charge is -2.14. The first-order valence-corrected chi connectivity index (χ1v) is 8.31. The van der Waals surface area contributed by atoms with Gasteiger partial charge in [0.15, 0.2) is 11.5 Å². The summed E-state index contributed by atoms with van der Waals surface area (Å²) < 4.78 is 13.0. The van der Waals surface area contributed by atoms with E-state index in [-0.39, 0.29) is 11.9 Å². The SMILES string of the molecule is CCCOc1ccc(C(=O)Nc2ccnn2C(C)C)cc1OCC. The zero-order valence-corrected chi connectivity index (χ0v) is 14.7. The minimum absolute atomic E-state index is 0.166. The lowest BCUT2D eigenvalue weighted by molar-refractivity contribution is 0.102. The van der Waals surface area contributed by atoms with Crippen molar-refractivity contribution in [2.45, 2.75) is 40.2 Å². The van der Waals surface area contributed by atoms with Crippen molar-refractivity contribution in [3.63, 3.8) is 0 Å². The molecule has 2 aromatic rings. The summed E-state index contributed by atoms with van der Waals surface area (Å²) in [6.45, 7) is 9.08. The lowest BCUT2D eigenvalue weighted by Crippen LogP contribution is -2.17. The van der Waals surface area contributed by atoms with Gasteiger partial charge < -0.3 is 14.8 Å². The van der Waals surface area contributed by atoms with Gasteiger partial charge in [0, 0.05) is 17.7 Å². The van der Waals surface area contributed by atoms with Crippen LogP contribution in [0.4, 0.5) is 5.82 Å². The molecule has 0 aliphatic carbocycles. The van der Waals surface area contributed by atoms with E-state index in [1.165, 1.54) is 0 Å². The number of hydrogen-bond donors (Lipinski definition) is 1. The van der Waals surface area contributed by atoms with Crippen LogP contribution in [0.3, 0.4) is 0 Å². The molecule has 1 heterocycles. The number of carbonyl (C=O) groups is 1. The van der Waals surface area contributed by atoms with Gasteiger partial charge in [-0.2, -0.15) is 5.10 Å². The van der Waals surface area contributed by atoms with E-state index in [0.29, 0.717) is 36.1 Å². The molecule has 1 aromatic heterocycles.